The summed E-state index contributed by atoms with van der Waals surface area (Å²) >= 11 is 0. The van der Waals surface area contributed by atoms with Crippen LogP contribution in [0.2, 0.25) is 0 Å². The van der Waals surface area contributed by atoms with Crippen molar-refractivity contribution in [1.82, 2.24) is 14.9 Å². The van der Waals surface area contributed by atoms with Crippen molar-refractivity contribution >= 4 is 27.9 Å². The number of amides is 1. The van der Waals surface area contributed by atoms with E-state index in [9.17, 15) is 9.59 Å². The van der Waals surface area contributed by atoms with Gasteiger partial charge in [-0.2, -0.15) is 0 Å². The highest BCUT2D eigenvalue weighted by Gasteiger charge is 2.10. The second-order valence-corrected chi connectivity index (χ2v) is 6.04. The molecule has 0 fully saturated rings. The molecule has 2 heterocycles. The van der Waals surface area contributed by atoms with Gasteiger partial charge in [0, 0.05) is 23.7 Å². The summed E-state index contributed by atoms with van der Waals surface area (Å²) in [4.78, 5) is 28.6. The summed E-state index contributed by atoms with van der Waals surface area (Å²) in [6.07, 6.45) is 1.62. The van der Waals surface area contributed by atoms with Crippen LogP contribution in [-0.2, 0) is 17.9 Å². The Morgan fingerprint density at radius 2 is 2.07 bits per heavy atom. The second kappa shape index (κ2) is 6.95. The molecule has 4 rings (SSSR count). The van der Waals surface area contributed by atoms with Gasteiger partial charge < -0.3 is 19.0 Å². The van der Waals surface area contributed by atoms with Gasteiger partial charge in [0.05, 0.1) is 19.2 Å². The van der Waals surface area contributed by atoms with E-state index in [-0.39, 0.29) is 24.4 Å². The van der Waals surface area contributed by atoms with Gasteiger partial charge >= 0.3 is 0 Å². The number of para-hydroxylation sites is 1. The lowest BCUT2D eigenvalue weighted by Crippen LogP contribution is -2.27. The first-order chi connectivity index (χ1) is 13.1. The van der Waals surface area contributed by atoms with Crippen molar-refractivity contribution in [3.63, 3.8) is 0 Å². The molecule has 2 aromatic carbocycles. The Morgan fingerprint density at radius 1 is 1.22 bits per heavy atom. The molecule has 0 saturated heterocycles. The fraction of sp³-hybridized carbons (Fsp3) is 0.150. The largest absolute Gasteiger partial charge is 0.497 e. The monoisotopic (exact) mass is 363 g/mol. The third-order valence-electron chi connectivity index (χ3n) is 4.27. The average Bonchev–Trinajstić information content (AvgIpc) is 3.11. The van der Waals surface area contributed by atoms with Gasteiger partial charge in [-0.25, -0.2) is 4.98 Å². The number of methoxy groups -OCH3 is 1. The van der Waals surface area contributed by atoms with E-state index < -0.39 is 0 Å². The minimum Gasteiger partial charge on any atom is -0.497 e. The van der Waals surface area contributed by atoms with E-state index in [1.165, 1.54) is 6.07 Å². The second-order valence-electron chi connectivity index (χ2n) is 6.04. The third-order valence-corrected chi connectivity index (χ3v) is 4.27. The maximum absolute atomic E-state index is 12.3. The van der Waals surface area contributed by atoms with Crippen LogP contribution in [0.15, 0.2) is 63.9 Å². The number of aromatic nitrogens is 2. The Kier molecular flexibility index (Phi) is 4.33. The Bertz CT molecular complexity index is 1190. The first-order valence-corrected chi connectivity index (χ1v) is 8.42. The zero-order valence-corrected chi connectivity index (χ0v) is 14.6. The maximum Gasteiger partial charge on any atom is 0.240 e. The highest BCUT2D eigenvalue weighted by atomic mass is 16.5. The van der Waals surface area contributed by atoms with Gasteiger partial charge in [0.2, 0.25) is 11.8 Å². The van der Waals surface area contributed by atoms with Crippen LogP contribution in [0, 0.1) is 0 Å². The molecule has 0 aliphatic heterocycles. The highest BCUT2D eigenvalue weighted by Crippen LogP contribution is 2.21. The fourth-order valence-corrected chi connectivity index (χ4v) is 2.94. The van der Waals surface area contributed by atoms with Gasteiger partial charge in [0.1, 0.15) is 17.8 Å². The molecule has 4 aromatic rings. The highest BCUT2D eigenvalue weighted by molar-refractivity contribution is 5.82. The molecule has 7 heteroatoms. The first kappa shape index (κ1) is 16.8. The number of carbonyl (C=O) groups excluding carboxylic acids is 1. The first-order valence-electron chi connectivity index (χ1n) is 8.42. The Morgan fingerprint density at radius 3 is 2.93 bits per heavy atom. The van der Waals surface area contributed by atoms with Crippen LogP contribution in [0.25, 0.3) is 22.0 Å². The normalized spacial score (nSPS) is 11.0. The number of ether oxygens (including phenoxy) is 1. The van der Waals surface area contributed by atoms with E-state index in [2.05, 4.69) is 10.3 Å². The van der Waals surface area contributed by atoms with Crippen LogP contribution in [0.5, 0.6) is 5.75 Å². The minimum atomic E-state index is -0.205. The average molecular weight is 363 g/mol. The number of benzene rings is 2. The minimum absolute atomic E-state index is 0.0656. The van der Waals surface area contributed by atoms with Crippen LogP contribution in [0.1, 0.15) is 5.89 Å². The predicted octanol–water partition coefficient (Wildman–Crippen LogP) is 2.47. The molecule has 0 aliphatic rings. The van der Waals surface area contributed by atoms with Crippen molar-refractivity contribution in [3.8, 4) is 5.75 Å². The lowest BCUT2D eigenvalue weighted by Gasteiger charge is -2.10. The number of nitrogens with zero attached hydrogens (tertiary/aromatic N) is 2. The van der Waals surface area contributed by atoms with Gasteiger partial charge in [-0.1, -0.05) is 12.1 Å². The number of pyridine rings is 1. The summed E-state index contributed by atoms with van der Waals surface area (Å²) in [5.41, 5.74) is 1.95. The van der Waals surface area contributed by atoms with Gasteiger partial charge in [0.25, 0.3) is 0 Å². The van der Waals surface area contributed by atoms with E-state index in [0.717, 1.165) is 0 Å². The van der Waals surface area contributed by atoms with E-state index >= 15 is 0 Å². The molecule has 7 nitrogen and oxygen atoms in total. The molecule has 0 aliphatic carbocycles. The molecule has 0 unspecified atom stereocenters. The van der Waals surface area contributed by atoms with Crippen molar-refractivity contribution in [2.24, 2.45) is 0 Å². The molecule has 1 N–H and O–H groups in total. The van der Waals surface area contributed by atoms with Gasteiger partial charge in [-0.05, 0) is 24.3 Å². The molecular weight excluding hydrogens is 346 g/mol. The Balaban J connectivity index is 1.47. The molecular formula is C20H17N3O4. The smallest absolute Gasteiger partial charge is 0.240 e. The van der Waals surface area contributed by atoms with Gasteiger partial charge in [0.15, 0.2) is 11.0 Å². The van der Waals surface area contributed by atoms with Crippen molar-refractivity contribution in [2.75, 3.05) is 7.11 Å². The molecule has 0 bridgehead atoms. The summed E-state index contributed by atoms with van der Waals surface area (Å²) in [5.74, 6) is 0.900. The van der Waals surface area contributed by atoms with Crippen molar-refractivity contribution in [3.05, 3.63) is 70.8 Å². The summed E-state index contributed by atoms with van der Waals surface area (Å²) in [6, 6.07) is 14.0. The molecule has 27 heavy (non-hydrogen) atoms. The SMILES string of the molecule is COc1ccc2oc(CNC(=O)Cn3ccc(=O)c4ccccc43)nc2c1. The van der Waals surface area contributed by atoms with E-state index in [1.54, 1.807) is 48.2 Å². The molecule has 2 aromatic heterocycles. The van der Waals surface area contributed by atoms with Crippen LogP contribution in [-0.4, -0.2) is 22.6 Å². The molecule has 0 atom stereocenters. The Hall–Kier alpha value is -3.61. The summed E-state index contributed by atoms with van der Waals surface area (Å²) in [7, 11) is 1.59. The number of carbonyl (C=O) groups is 1. The number of nitrogens with one attached hydrogen (secondary N) is 1. The number of hydrogen-bond donors (Lipinski definition) is 1. The topological polar surface area (TPSA) is 86.4 Å². The number of fused-ring (bicyclic) bond motifs is 2. The van der Waals surface area contributed by atoms with E-state index in [4.69, 9.17) is 9.15 Å². The number of hydrogen-bond acceptors (Lipinski definition) is 5. The zero-order valence-electron chi connectivity index (χ0n) is 14.6. The molecule has 0 spiro atoms. The number of rotatable bonds is 5. The molecule has 1 amide bonds. The zero-order chi connectivity index (χ0) is 18.8. The van der Waals surface area contributed by atoms with Crippen LogP contribution in [0.4, 0.5) is 0 Å². The lowest BCUT2D eigenvalue weighted by molar-refractivity contribution is -0.121. The maximum atomic E-state index is 12.3. The van der Waals surface area contributed by atoms with Gasteiger partial charge in [-0.3, -0.25) is 9.59 Å². The van der Waals surface area contributed by atoms with Crippen molar-refractivity contribution < 1.29 is 13.9 Å². The van der Waals surface area contributed by atoms with Crippen LogP contribution < -0.4 is 15.5 Å². The molecule has 0 radical (unpaired) electrons. The van der Waals surface area contributed by atoms with E-state index in [0.29, 0.717) is 33.6 Å². The Labute approximate surface area is 154 Å². The third kappa shape index (κ3) is 3.39. The number of oxazole rings is 1. The quantitative estimate of drug-likeness (QED) is 0.589. The van der Waals surface area contributed by atoms with Crippen LogP contribution in [0.3, 0.4) is 0 Å². The summed E-state index contributed by atoms with van der Waals surface area (Å²) in [5, 5.41) is 3.37. The van der Waals surface area contributed by atoms with E-state index in [1.807, 2.05) is 12.1 Å². The summed E-state index contributed by atoms with van der Waals surface area (Å²) in [6.45, 7) is 0.267. The van der Waals surface area contributed by atoms with Crippen molar-refractivity contribution in [1.29, 1.82) is 0 Å². The van der Waals surface area contributed by atoms with Gasteiger partial charge in [-0.15, -0.1) is 0 Å². The van der Waals surface area contributed by atoms with Crippen molar-refractivity contribution in [2.45, 2.75) is 13.1 Å². The molecule has 0 saturated carbocycles. The molecule has 136 valence electrons. The fourth-order valence-electron chi connectivity index (χ4n) is 2.94. The predicted molar refractivity (Wildman–Crippen MR) is 101 cm³/mol. The van der Waals surface area contributed by atoms with Crippen LogP contribution >= 0.6 is 0 Å². The lowest BCUT2D eigenvalue weighted by atomic mass is 10.2. The summed E-state index contributed by atoms with van der Waals surface area (Å²) < 4.78 is 12.5. The standard InChI is InChI=1S/C20H17N3O4/c1-26-13-6-7-18-15(10-13)22-20(27-18)11-21-19(25)12-23-9-8-17(24)14-4-2-3-5-16(14)23/h2-10H,11-12H2,1H3,(H,21,25).